The van der Waals surface area contributed by atoms with E-state index in [2.05, 4.69) is 10.4 Å². The molecule has 2 rings (SSSR count). The van der Waals surface area contributed by atoms with E-state index in [-0.39, 0.29) is 5.91 Å². The minimum absolute atomic E-state index is 0.144. The Labute approximate surface area is 112 Å². The fourth-order valence-electron chi connectivity index (χ4n) is 1.94. The summed E-state index contributed by atoms with van der Waals surface area (Å²) in [7, 11) is 3.37. The molecule has 0 unspecified atom stereocenters. The predicted octanol–water partition coefficient (Wildman–Crippen LogP) is 1.67. The molecule has 0 radical (unpaired) electrons. The van der Waals surface area contributed by atoms with Crippen LogP contribution in [0.25, 0.3) is 0 Å². The van der Waals surface area contributed by atoms with E-state index in [1.54, 1.807) is 24.9 Å². The Morgan fingerprint density at radius 3 is 2.79 bits per heavy atom. The molecule has 19 heavy (non-hydrogen) atoms. The van der Waals surface area contributed by atoms with Crippen molar-refractivity contribution < 1.29 is 9.53 Å². The highest BCUT2D eigenvalue weighted by Crippen LogP contribution is 2.16. The molecule has 1 N–H and O–H groups in total. The Bertz CT molecular complexity index is 590. The van der Waals surface area contributed by atoms with E-state index in [0.717, 1.165) is 17.0 Å². The first-order valence-corrected chi connectivity index (χ1v) is 6.02. The van der Waals surface area contributed by atoms with Gasteiger partial charge in [0.05, 0.1) is 12.8 Å². The summed E-state index contributed by atoms with van der Waals surface area (Å²) < 4.78 is 6.82. The molecule has 0 aliphatic rings. The molecule has 5 heteroatoms. The summed E-state index contributed by atoms with van der Waals surface area (Å²) >= 11 is 0. The van der Waals surface area contributed by atoms with Gasteiger partial charge in [-0.05, 0) is 19.1 Å². The zero-order valence-electron chi connectivity index (χ0n) is 11.3. The number of aromatic nitrogens is 2. The van der Waals surface area contributed by atoms with E-state index >= 15 is 0 Å². The summed E-state index contributed by atoms with van der Waals surface area (Å²) in [6, 6.07) is 9.37. The fourth-order valence-corrected chi connectivity index (χ4v) is 1.94. The van der Waals surface area contributed by atoms with Crippen molar-refractivity contribution >= 4 is 5.91 Å². The Kier molecular flexibility index (Phi) is 3.85. The van der Waals surface area contributed by atoms with Crippen molar-refractivity contribution in [3.8, 4) is 5.75 Å². The number of nitrogens with one attached hydrogen (secondary N) is 1. The number of hydrogen-bond donors (Lipinski definition) is 1. The molecule has 0 saturated heterocycles. The Morgan fingerprint density at radius 2 is 2.16 bits per heavy atom. The first-order chi connectivity index (χ1) is 9.11. The number of hydrogen-bond acceptors (Lipinski definition) is 3. The van der Waals surface area contributed by atoms with Gasteiger partial charge >= 0.3 is 0 Å². The molecule has 0 aliphatic heterocycles. The van der Waals surface area contributed by atoms with E-state index in [0.29, 0.717) is 12.2 Å². The number of carbonyl (C=O) groups is 1. The molecule has 0 bridgehead atoms. The lowest BCUT2D eigenvalue weighted by molar-refractivity contribution is 0.0941. The summed E-state index contributed by atoms with van der Waals surface area (Å²) in [5.41, 5.74) is 2.31. The predicted molar refractivity (Wildman–Crippen MR) is 72.1 cm³/mol. The van der Waals surface area contributed by atoms with Crippen molar-refractivity contribution in [2.75, 3.05) is 7.11 Å². The molecule has 0 saturated carbocycles. The van der Waals surface area contributed by atoms with Gasteiger partial charge in [-0.2, -0.15) is 5.10 Å². The number of amides is 1. The molecular formula is C14H17N3O2. The van der Waals surface area contributed by atoms with E-state index in [4.69, 9.17) is 4.74 Å². The average Bonchev–Trinajstić information content (AvgIpc) is 2.75. The van der Waals surface area contributed by atoms with Crippen molar-refractivity contribution in [3.63, 3.8) is 0 Å². The maximum atomic E-state index is 12.0. The van der Waals surface area contributed by atoms with Crippen LogP contribution in [0.5, 0.6) is 5.75 Å². The number of rotatable bonds is 4. The number of nitrogens with zero attached hydrogens (tertiary/aromatic N) is 2. The highest BCUT2D eigenvalue weighted by Gasteiger charge is 2.12. The van der Waals surface area contributed by atoms with Gasteiger partial charge in [0.1, 0.15) is 11.4 Å². The molecule has 100 valence electrons. The minimum atomic E-state index is -0.144. The largest absolute Gasteiger partial charge is 0.496 e. The summed E-state index contributed by atoms with van der Waals surface area (Å²) in [6.07, 6.45) is 0. The molecule has 0 spiro atoms. The van der Waals surface area contributed by atoms with Gasteiger partial charge in [0.25, 0.3) is 5.91 Å². The molecule has 0 fully saturated rings. The third-order valence-electron chi connectivity index (χ3n) is 2.87. The second-order valence-electron chi connectivity index (χ2n) is 4.29. The van der Waals surface area contributed by atoms with Crippen LogP contribution in [0.2, 0.25) is 0 Å². The molecule has 0 aliphatic carbocycles. The molecular weight excluding hydrogens is 242 g/mol. The van der Waals surface area contributed by atoms with E-state index in [1.165, 1.54) is 0 Å². The van der Waals surface area contributed by atoms with Crippen LogP contribution in [0.15, 0.2) is 30.3 Å². The van der Waals surface area contributed by atoms with Crippen LogP contribution < -0.4 is 10.1 Å². The van der Waals surface area contributed by atoms with Crippen LogP contribution in [0.1, 0.15) is 21.7 Å². The van der Waals surface area contributed by atoms with Crippen LogP contribution >= 0.6 is 0 Å². The summed E-state index contributed by atoms with van der Waals surface area (Å²) in [6.45, 7) is 2.28. The summed E-state index contributed by atoms with van der Waals surface area (Å²) in [5, 5.41) is 7.02. The van der Waals surface area contributed by atoms with Crippen LogP contribution in [-0.4, -0.2) is 22.8 Å². The molecule has 1 aromatic heterocycles. The fraction of sp³-hybridized carbons (Fsp3) is 0.286. The second-order valence-corrected chi connectivity index (χ2v) is 4.29. The highest BCUT2D eigenvalue weighted by molar-refractivity contribution is 5.92. The number of benzene rings is 1. The van der Waals surface area contributed by atoms with Crippen molar-refractivity contribution in [1.82, 2.24) is 15.1 Å². The smallest absolute Gasteiger partial charge is 0.269 e. The molecule has 1 amide bonds. The maximum Gasteiger partial charge on any atom is 0.269 e. The second kappa shape index (κ2) is 5.56. The number of para-hydroxylation sites is 1. The van der Waals surface area contributed by atoms with E-state index in [1.807, 2.05) is 31.2 Å². The number of aryl methyl sites for hydroxylation is 2. The van der Waals surface area contributed by atoms with Gasteiger partial charge < -0.3 is 10.1 Å². The molecule has 2 aromatic rings. The lowest BCUT2D eigenvalue weighted by atomic mass is 10.2. The Balaban J connectivity index is 2.06. The maximum absolute atomic E-state index is 12.0. The quantitative estimate of drug-likeness (QED) is 0.908. The zero-order valence-corrected chi connectivity index (χ0v) is 11.3. The number of ether oxygens (including phenoxy) is 1. The van der Waals surface area contributed by atoms with Gasteiger partial charge in [-0.3, -0.25) is 9.48 Å². The van der Waals surface area contributed by atoms with Gasteiger partial charge in [-0.1, -0.05) is 18.2 Å². The van der Waals surface area contributed by atoms with Crippen molar-refractivity contribution in [1.29, 1.82) is 0 Å². The Morgan fingerprint density at radius 1 is 1.42 bits per heavy atom. The normalized spacial score (nSPS) is 10.3. The van der Waals surface area contributed by atoms with Gasteiger partial charge in [-0.25, -0.2) is 0 Å². The van der Waals surface area contributed by atoms with Crippen molar-refractivity contribution in [2.45, 2.75) is 13.5 Å². The van der Waals surface area contributed by atoms with Gasteiger partial charge in [-0.15, -0.1) is 0 Å². The third kappa shape index (κ3) is 2.93. The van der Waals surface area contributed by atoms with Crippen LogP contribution in [0, 0.1) is 6.92 Å². The minimum Gasteiger partial charge on any atom is -0.496 e. The summed E-state index contributed by atoms with van der Waals surface area (Å²) in [5.74, 6) is 0.623. The first kappa shape index (κ1) is 13.1. The van der Waals surface area contributed by atoms with Gasteiger partial charge in [0.15, 0.2) is 0 Å². The number of methoxy groups -OCH3 is 1. The third-order valence-corrected chi connectivity index (χ3v) is 2.87. The topological polar surface area (TPSA) is 56.1 Å². The van der Waals surface area contributed by atoms with Gasteiger partial charge in [0.2, 0.25) is 0 Å². The highest BCUT2D eigenvalue weighted by atomic mass is 16.5. The van der Waals surface area contributed by atoms with Crippen molar-refractivity contribution in [2.24, 2.45) is 7.05 Å². The Hall–Kier alpha value is -2.30. The van der Waals surface area contributed by atoms with Crippen LogP contribution in [-0.2, 0) is 13.6 Å². The van der Waals surface area contributed by atoms with Crippen molar-refractivity contribution in [3.05, 3.63) is 47.3 Å². The first-order valence-electron chi connectivity index (χ1n) is 6.02. The molecule has 1 heterocycles. The molecule has 0 atom stereocenters. The van der Waals surface area contributed by atoms with Gasteiger partial charge in [0, 0.05) is 19.2 Å². The SMILES string of the molecule is COc1ccccc1CNC(=O)c1cc(C)nn1C. The lowest BCUT2D eigenvalue weighted by Gasteiger charge is -2.09. The molecule has 5 nitrogen and oxygen atoms in total. The monoisotopic (exact) mass is 259 g/mol. The average molecular weight is 259 g/mol. The van der Waals surface area contributed by atoms with E-state index in [9.17, 15) is 4.79 Å². The number of carbonyl (C=O) groups excluding carboxylic acids is 1. The molecule has 1 aromatic carbocycles. The standard InChI is InChI=1S/C14H17N3O2/c1-10-8-12(17(2)16-10)14(18)15-9-11-6-4-5-7-13(11)19-3/h4-8H,9H2,1-3H3,(H,15,18). The van der Waals surface area contributed by atoms with Crippen LogP contribution in [0.3, 0.4) is 0 Å². The lowest BCUT2D eigenvalue weighted by Crippen LogP contribution is -2.25. The summed E-state index contributed by atoms with van der Waals surface area (Å²) in [4.78, 5) is 12.0. The van der Waals surface area contributed by atoms with Crippen LogP contribution in [0.4, 0.5) is 0 Å². The zero-order chi connectivity index (χ0) is 13.8. The van der Waals surface area contributed by atoms with E-state index < -0.39 is 0 Å².